The van der Waals surface area contributed by atoms with E-state index in [2.05, 4.69) is 19.8 Å². The van der Waals surface area contributed by atoms with E-state index in [1.807, 2.05) is 11.1 Å². The number of rotatable bonds is 3. The van der Waals surface area contributed by atoms with Gasteiger partial charge in [0.25, 0.3) is 0 Å². The van der Waals surface area contributed by atoms with Gasteiger partial charge in [-0.25, -0.2) is 9.97 Å². The van der Waals surface area contributed by atoms with E-state index in [0.717, 1.165) is 63.6 Å². The highest BCUT2D eigenvalue weighted by Crippen LogP contribution is 2.31. The number of aromatic nitrogens is 2. The molecule has 0 aromatic carbocycles. The van der Waals surface area contributed by atoms with Crippen molar-refractivity contribution in [2.75, 3.05) is 62.3 Å². The molecule has 0 unspecified atom stereocenters. The molecule has 7 nitrogen and oxygen atoms in total. The van der Waals surface area contributed by atoms with Crippen LogP contribution in [0.15, 0.2) is 12.5 Å². The minimum atomic E-state index is 0.146. The molecule has 0 radical (unpaired) electrons. The summed E-state index contributed by atoms with van der Waals surface area (Å²) in [6.07, 6.45) is 9.20. The molecule has 4 heterocycles. The van der Waals surface area contributed by atoms with Crippen LogP contribution < -0.4 is 9.80 Å². The minimum Gasteiger partial charge on any atom is -0.378 e. The van der Waals surface area contributed by atoms with E-state index in [1.54, 1.807) is 6.33 Å². The summed E-state index contributed by atoms with van der Waals surface area (Å²) >= 11 is 0. The molecule has 3 saturated heterocycles. The van der Waals surface area contributed by atoms with Crippen LogP contribution >= 0.6 is 0 Å². The Balaban J connectivity index is 1.39. The molecule has 3 fully saturated rings. The maximum absolute atomic E-state index is 12.7. The molecule has 3 aliphatic rings. The standard InChI is InChI=1S/C19H29N5O2/c25-19(24-10-12-26-13-11-24)16-4-8-22(9-5-16)17-14-20-15-21-18(17)23-6-2-1-3-7-23/h14-16H,1-13H2. The van der Waals surface area contributed by atoms with Gasteiger partial charge in [0.2, 0.25) is 5.91 Å². The number of piperidine rings is 2. The van der Waals surface area contributed by atoms with Crippen LogP contribution in [0.25, 0.3) is 0 Å². The first-order valence-electron chi connectivity index (χ1n) is 9.99. The molecule has 1 amide bonds. The summed E-state index contributed by atoms with van der Waals surface area (Å²) in [5.41, 5.74) is 1.13. The number of amides is 1. The van der Waals surface area contributed by atoms with Crippen LogP contribution in [0, 0.1) is 5.92 Å². The van der Waals surface area contributed by atoms with Gasteiger partial charge in [-0.2, -0.15) is 0 Å². The average Bonchev–Trinajstić information content (AvgIpc) is 2.75. The first-order valence-corrected chi connectivity index (χ1v) is 9.99. The van der Waals surface area contributed by atoms with Gasteiger partial charge in [-0.15, -0.1) is 0 Å². The first kappa shape index (κ1) is 17.5. The predicted octanol–water partition coefficient (Wildman–Crippen LogP) is 1.54. The normalized spacial score (nSPS) is 22.5. The van der Waals surface area contributed by atoms with Gasteiger partial charge < -0.3 is 19.4 Å². The van der Waals surface area contributed by atoms with Gasteiger partial charge in [0, 0.05) is 45.2 Å². The fourth-order valence-corrected chi connectivity index (χ4v) is 4.30. The quantitative estimate of drug-likeness (QED) is 0.816. The zero-order valence-corrected chi connectivity index (χ0v) is 15.5. The van der Waals surface area contributed by atoms with Gasteiger partial charge in [0.1, 0.15) is 6.33 Å². The molecule has 0 spiro atoms. The van der Waals surface area contributed by atoms with E-state index >= 15 is 0 Å². The van der Waals surface area contributed by atoms with E-state index in [0.29, 0.717) is 19.1 Å². The summed E-state index contributed by atoms with van der Waals surface area (Å²) < 4.78 is 5.36. The third-order valence-electron chi connectivity index (χ3n) is 5.84. The fourth-order valence-electron chi connectivity index (χ4n) is 4.30. The number of hydrogen-bond acceptors (Lipinski definition) is 6. The SMILES string of the molecule is O=C(C1CCN(c2cncnc2N2CCCCC2)CC1)N1CCOCC1. The van der Waals surface area contributed by atoms with Crippen LogP contribution in [0.3, 0.4) is 0 Å². The summed E-state index contributed by atoms with van der Waals surface area (Å²) in [6.45, 7) is 6.78. The predicted molar refractivity (Wildman–Crippen MR) is 100 cm³/mol. The van der Waals surface area contributed by atoms with Gasteiger partial charge in [-0.05, 0) is 32.1 Å². The molecule has 1 aromatic heterocycles. The second kappa shape index (κ2) is 8.20. The highest BCUT2D eigenvalue weighted by Gasteiger charge is 2.31. The van der Waals surface area contributed by atoms with Crippen LogP contribution in [0.5, 0.6) is 0 Å². The van der Waals surface area contributed by atoms with Crippen molar-refractivity contribution >= 4 is 17.4 Å². The van der Waals surface area contributed by atoms with Crippen LogP contribution in [-0.4, -0.2) is 73.3 Å². The Morgan fingerprint density at radius 1 is 0.962 bits per heavy atom. The zero-order valence-electron chi connectivity index (χ0n) is 15.5. The maximum Gasteiger partial charge on any atom is 0.225 e. The Morgan fingerprint density at radius 3 is 2.42 bits per heavy atom. The molecule has 0 N–H and O–H groups in total. The average molecular weight is 359 g/mol. The van der Waals surface area contributed by atoms with Crippen molar-refractivity contribution in [3.8, 4) is 0 Å². The number of hydrogen-bond donors (Lipinski definition) is 0. The van der Waals surface area contributed by atoms with Gasteiger partial charge in [-0.1, -0.05) is 0 Å². The number of carbonyl (C=O) groups is 1. The Morgan fingerprint density at radius 2 is 1.69 bits per heavy atom. The van der Waals surface area contributed by atoms with Gasteiger partial charge in [-0.3, -0.25) is 4.79 Å². The zero-order chi connectivity index (χ0) is 17.8. The third-order valence-corrected chi connectivity index (χ3v) is 5.84. The smallest absolute Gasteiger partial charge is 0.225 e. The molecule has 0 saturated carbocycles. The monoisotopic (exact) mass is 359 g/mol. The Bertz CT molecular complexity index is 606. The van der Waals surface area contributed by atoms with Crippen molar-refractivity contribution in [2.24, 2.45) is 5.92 Å². The van der Waals surface area contributed by atoms with Crippen LogP contribution in [-0.2, 0) is 9.53 Å². The van der Waals surface area contributed by atoms with E-state index in [9.17, 15) is 4.79 Å². The van der Waals surface area contributed by atoms with Crippen LogP contribution in [0.2, 0.25) is 0 Å². The molecular weight excluding hydrogens is 330 g/mol. The van der Waals surface area contributed by atoms with Crippen LogP contribution in [0.1, 0.15) is 32.1 Å². The summed E-state index contributed by atoms with van der Waals surface area (Å²) in [5, 5.41) is 0. The molecule has 0 aliphatic carbocycles. The number of morpholine rings is 1. The van der Waals surface area contributed by atoms with Gasteiger partial charge in [0.15, 0.2) is 5.82 Å². The topological polar surface area (TPSA) is 61.8 Å². The van der Waals surface area contributed by atoms with E-state index < -0.39 is 0 Å². The lowest BCUT2D eigenvalue weighted by atomic mass is 9.94. The van der Waals surface area contributed by atoms with Crippen molar-refractivity contribution < 1.29 is 9.53 Å². The van der Waals surface area contributed by atoms with E-state index in [4.69, 9.17) is 4.74 Å². The lowest BCUT2D eigenvalue weighted by molar-refractivity contribution is -0.140. The molecule has 26 heavy (non-hydrogen) atoms. The van der Waals surface area contributed by atoms with Crippen molar-refractivity contribution in [3.05, 3.63) is 12.5 Å². The molecule has 7 heteroatoms. The second-order valence-electron chi connectivity index (χ2n) is 7.48. The molecule has 0 bridgehead atoms. The molecule has 0 atom stereocenters. The first-order chi connectivity index (χ1) is 12.8. The third kappa shape index (κ3) is 3.77. The molecule has 3 aliphatic heterocycles. The largest absolute Gasteiger partial charge is 0.378 e. The number of nitrogens with zero attached hydrogens (tertiary/aromatic N) is 5. The summed E-state index contributed by atoms with van der Waals surface area (Å²) in [6, 6.07) is 0. The minimum absolute atomic E-state index is 0.146. The van der Waals surface area contributed by atoms with Crippen LogP contribution in [0.4, 0.5) is 11.5 Å². The molecule has 142 valence electrons. The Hall–Kier alpha value is -1.89. The maximum atomic E-state index is 12.7. The number of anilines is 2. The second-order valence-corrected chi connectivity index (χ2v) is 7.48. The molecule has 4 rings (SSSR count). The molecule has 1 aromatic rings. The van der Waals surface area contributed by atoms with Gasteiger partial charge in [0.05, 0.1) is 25.1 Å². The highest BCUT2D eigenvalue weighted by atomic mass is 16.5. The Labute approximate surface area is 155 Å². The van der Waals surface area contributed by atoms with Crippen molar-refractivity contribution in [3.63, 3.8) is 0 Å². The molecular formula is C19H29N5O2. The Kier molecular flexibility index (Phi) is 5.53. The summed E-state index contributed by atoms with van der Waals surface area (Å²) in [5.74, 6) is 1.53. The van der Waals surface area contributed by atoms with E-state index in [1.165, 1.54) is 19.3 Å². The number of carbonyl (C=O) groups excluding carboxylic acids is 1. The van der Waals surface area contributed by atoms with Crippen molar-refractivity contribution in [1.29, 1.82) is 0 Å². The fraction of sp³-hybridized carbons (Fsp3) is 0.737. The van der Waals surface area contributed by atoms with Crippen molar-refractivity contribution in [2.45, 2.75) is 32.1 Å². The van der Waals surface area contributed by atoms with Gasteiger partial charge >= 0.3 is 0 Å². The lowest BCUT2D eigenvalue weighted by Gasteiger charge is -2.38. The van der Waals surface area contributed by atoms with Crippen molar-refractivity contribution in [1.82, 2.24) is 14.9 Å². The lowest BCUT2D eigenvalue weighted by Crippen LogP contribution is -2.47. The van der Waals surface area contributed by atoms with E-state index in [-0.39, 0.29) is 5.92 Å². The summed E-state index contributed by atoms with van der Waals surface area (Å²) in [4.78, 5) is 28.3. The number of ether oxygens (including phenoxy) is 1. The highest BCUT2D eigenvalue weighted by molar-refractivity contribution is 5.79. The summed E-state index contributed by atoms with van der Waals surface area (Å²) in [7, 11) is 0.